The summed E-state index contributed by atoms with van der Waals surface area (Å²) in [7, 11) is 0. The number of likely N-dealkylation sites (tertiary alicyclic amines) is 1. The monoisotopic (exact) mass is 338 g/mol. The van der Waals surface area contributed by atoms with Crippen LogP contribution in [0.3, 0.4) is 0 Å². The largest absolute Gasteiger partial charge is 0.373 e. The summed E-state index contributed by atoms with van der Waals surface area (Å²) in [5.41, 5.74) is 3.08. The normalized spacial score (nSPS) is 19.1. The first-order chi connectivity index (χ1) is 9.31. The molecule has 0 aromatic heterocycles. The van der Waals surface area contributed by atoms with Crippen molar-refractivity contribution in [3.8, 4) is 0 Å². The van der Waals surface area contributed by atoms with Gasteiger partial charge >= 0.3 is 0 Å². The highest BCUT2D eigenvalue weighted by Gasteiger charge is 2.39. The maximum atomic E-state index is 12.2. The number of nitrogens with zero attached hydrogens (tertiary/aromatic N) is 1. The van der Waals surface area contributed by atoms with Crippen LogP contribution in [0.25, 0.3) is 0 Å². The Morgan fingerprint density at radius 1 is 1.25 bits per heavy atom. The number of amides is 2. The van der Waals surface area contributed by atoms with Gasteiger partial charge in [0.15, 0.2) is 0 Å². The zero-order chi connectivity index (χ0) is 15.0. The van der Waals surface area contributed by atoms with Crippen LogP contribution in [0.5, 0.6) is 0 Å². The Kier molecular flexibility index (Phi) is 4.18. The van der Waals surface area contributed by atoms with Crippen LogP contribution in [0.2, 0.25) is 0 Å². The molecule has 0 spiro atoms. The molecule has 4 nitrogen and oxygen atoms in total. The summed E-state index contributed by atoms with van der Waals surface area (Å²) in [5.74, 6) is -0.240. The highest BCUT2D eigenvalue weighted by Crippen LogP contribution is 2.27. The number of hydrogen-bond acceptors (Lipinski definition) is 3. The van der Waals surface area contributed by atoms with Crippen LogP contribution in [0.15, 0.2) is 16.6 Å². The van der Waals surface area contributed by atoms with Crippen LogP contribution < -0.4 is 5.32 Å². The fraction of sp³-hybridized carbons (Fsp3) is 0.467. The predicted octanol–water partition coefficient (Wildman–Crippen LogP) is 3.01. The fourth-order valence-electron chi connectivity index (χ4n) is 2.54. The molecule has 5 heteroatoms. The molecule has 1 aromatic rings. The number of carbonyl (C=O) groups excluding carboxylic acids is 2. The van der Waals surface area contributed by atoms with Crippen molar-refractivity contribution in [2.24, 2.45) is 0 Å². The van der Waals surface area contributed by atoms with Crippen LogP contribution in [0.4, 0.5) is 5.69 Å². The maximum absolute atomic E-state index is 12.2. The van der Waals surface area contributed by atoms with Gasteiger partial charge in [0.05, 0.1) is 6.42 Å². The second-order valence-electron chi connectivity index (χ2n) is 5.52. The molecule has 20 heavy (non-hydrogen) atoms. The Labute approximate surface area is 127 Å². The first-order valence-electron chi connectivity index (χ1n) is 6.70. The van der Waals surface area contributed by atoms with Gasteiger partial charge in [-0.3, -0.25) is 14.5 Å². The minimum Gasteiger partial charge on any atom is -0.373 e. The number of nitrogens with one attached hydrogen (secondary N) is 1. The average molecular weight is 339 g/mol. The molecular formula is C15H19BrN2O2. The third-order valence-corrected chi connectivity index (χ3v) is 4.73. The molecule has 0 aliphatic carbocycles. The van der Waals surface area contributed by atoms with E-state index in [1.54, 1.807) is 0 Å². The first-order valence-corrected chi connectivity index (χ1v) is 7.49. The molecule has 0 radical (unpaired) electrons. The van der Waals surface area contributed by atoms with Gasteiger partial charge in [0, 0.05) is 16.2 Å². The van der Waals surface area contributed by atoms with E-state index >= 15 is 0 Å². The van der Waals surface area contributed by atoms with Crippen molar-refractivity contribution in [1.29, 1.82) is 0 Å². The van der Waals surface area contributed by atoms with Gasteiger partial charge < -0.3 is 5.32 Å². The minimum absolute atomic E-state index is 0.0878. The third kappa shape index (κ3) is 2.73. The zero-order valence-corrected chi connectivity index (χ0v) is 13.7. The SMILES string of the molecule is Cc1cc(NC2CC(=O)N(C(C)C)C2=O)cc(C)c1Br. The molecule has 1 aliphatic rings. The molecular weight excluding hydrogens is 320 g/mol. The predicted molar refractivity (Wildman–Crippen MR) is 82.6 cm³/mol. The Balaban J connectivity index is 2.20. The topological polar surface area (TPSA) is 49.4 Å². The molecule has 2 rings (SSSR count). The molecule has 1 heterocycles. The number of carbonyl (C=O) groups is 2. The zero-order valence-electron chi connectivity index (χ0n) is 12.2. The summed E-state index contributed by atoms with van der Waals surface area (Å²) in [5, 5.41) is 3.18. The molecule has 108 valence electrons. The number of benzene rings is 1. The van der Waals surface area contributed by atoms with Crippen LogP contribution in [0.1, 0.15) is 31.4 Å². The van der Waals surface area contributed by atoms with E-state index in [1.165, 1.54) is 4.90 Å². The van der Waals surface area contributed by atoms with E-state index < -0.39 is 6.04 Å². The molecule has 1 fully saturated rings. The molecule has 1 aliphatic heterocycles. The summed E-state index contributed by atoms with van der Waals surface area (Å²) in [4.78, 5) is 25.4. The van der Waals surface area contributed by atoms with Crippen LogP contribution in [-0.2, 0) is 9.59 Å². The minimum atomic E-state index is -0.454. The molecule has 2 amide bonds. The van der Waals surface area contributed by atoms with Gasteiger partial charge in [-0.2, -0.15) is 0 Å². The number of aryl methyl sites for hydroxylation is 2. The average Bonchev–Trinajstić information content (AvgIpc) is 2.61. The maximum Gasteiger partial charge on any atom is 0.252 e. The van der Waals surface area contributed by atoms with Crippen LogP contribution in [-0.4, -0.2) is 28.8 Å². The Bertz CT molecular complexity index is 546. The van der Waals surface area contributed by atoms with E-state index in [1.807, 2.05) is 39.8 Å². The molecule has 0 saturated carbocycles. The van der Waals surface area contributed by atoms with E-state index in [0.717, 1.165) is 21.3 Å². The lowest BCUT2D eigenvalue weighted by Crippen LogP contribution is -2.39. The lowest BCUT2D eigenvalue weighted by molar-refractivity contribution is -0.140. The molecule has 1 saturated heterocycles. The Morgan fingerprint density at radius 2 is 1.80 bits per heavy atom. The summed E-state index contributed by atoms with van der Waals surface area (Å²) < 4.78 is 1.07. The van der Waals surface area contributed by atoms with E-state index in [2.05, 4.69) is 21.2 Å². The summed E-state index contributed by atoms with van der Waals surface area (Å²) in [6, 6.07) is 3.42. The van der Waals surface area contributed by atoms with Gasteiger partial charge in [-0.05, 0) is 51.0 Å². The quantitative estimate of drug-likeness (QED) is 0.862. The standard InChI is InChI=1S/C15H19BrN2O2/c1-8(2)18-13(19)7-12(15(18)20)17-11-5-9(3)14(16)10(4)6-11/h5-6,8,12,17H,7H2,1-4H3. The van der Waals surface area contributed by atoms with Crippen molar-refractivity contribution in [2.75, 3.05) is 5.32 Å². The second-order valence-corrected chi connectivity index (χ2v) is 6.31. The van der Waals surface area contributed by atoms with Crippen molar-refractivity contribution in [1.82, 2.24) is 4.90 Å². The van der Waals surface area contributed by atoms with Crippen molar-refractivity contribution >= 4 is 33.4 Å². The van der Waals surface area contributed by atoms with Gasteiger partial charge in [0.1, 0.15) is 6.04 Å². The van der Waals surface area contributed by atoms with Crippen LogP contribution >= 0.6 is 15.9 Å². The number of anilines is 1. The third-order valence-electron chi connectivity index (χ3n) is 3.48. The lowest BCUT2D eigenvalue weighted by Gasteiger charge is -2.20. The molecule has 1 atom stereocenters. The number of rotatable bonds is 3. The highest BCUT2D eigenvalue weighted by atomic mass is 79.9. The molecule has 1 aromatic carbocycles. The number of imide groups is 1. The number of halogens is 1. The van der Waals surface area contributed by atoms with Crippen molar-refractivity contribution < 1.29 is 9.59 Å². The fourth-order valence-corrected chi connectivity index (χ4v) is 2.77. The second kappa shape index (κ2) is 5.56. The Morgan fingerprint density at radius 3 is 2.25 bits per heavy atom. The van der Waals surface area contributed by atoms with Crippen LogP contribution in [0, 0.1) is 13.8 Å². The Hall–Kier alpha value is -1.36. The van der Waals surface area contributed by atoms with Crippen molar-refractivity contribution in [3.05, 3.63) is 27.7 Å². The molecule has 0 bridgehead atoms. The lowest BCUT2D eigenvalue weighted by atomic mass is 10.1. The van der Waals surface area contributed by atoms with Gasteiger partial charge in [0.25, 0.3) is 5.91 Å². The van der Waals surface area contributed by atoms with E-state index in [4.69, 9.17) is 0 Å². The van der Waals surface area contributed by atoms with Gasteiger partial charge in [-0.25, -0.2) is 0 Å². The van der Waals surface area contributed by atoms with E-state index in [9.17, 15) is 9.59 Å². The summed E-state index contributed by atoms with van der Waals surface area (Å²) in [6.45, 7) is 7.72. The van der Waals surface area contributed by atoms with Gasteiger partial charge in [0.2, 0.25) is 5.91 Å². The van der Waals surface area contributed by atoms with Gasteiger partial charge in [-0.1, -0.05) is 15.9 Å². The van der Waals surface area contributed by atoms with E-state index in [-0.39, 0.29) is 24.3 Å². The smallest absolute Gasteiger partial charge is 0.252 e. The first kappa shape index (κ1) is 15.0. The van der Waals surface area contributed by atoms with E-state index in [0.29, 0.717) is 0 Å². The molecule has 1 N–H and O–H groups in total. The number of hydrogen-bond donors (Lipinski definition) is 1. The summed E-state index contributed by atoms with van der Waals surface area (Å²) in [6.07, 6.45) is 0.227. The van der Waals surface area contributed by atoms with Crippen molar-refractivity contribution in [2.45, 2.75) is 46.2 Å². The highest BCUT2D eigenvalue weighted by molar-refractivity contribution is 9.10. The molecule has 1 unspecified atom stereocenters. The van der Waals surface area contributed by atoms with Crippen molar-refractivity contribution in [3.63, 3.8) is 0 Å². The van der Waals surface area contributed by atoms with Gasteiger partial charge in [-0.15, -0.1) is 0 Å². The summed E-state index contributed by atoms with van der Waals surface area (Å²) >= 11 is 3.52.